The SMILES string of the molecule is CCCCOC(=O)NCC1CCN(c2n[nH]c(=O)c3ccccc23)CC1. The molecule has 0 radical (unpaired) electrons. The molecule has 3 rings (SSSR count). The number of ether oxygens (including phenoxy) is 1. The Morgan fingerprint density at radius 2 is 2.04 bits per heavy atom. The highest BCUT2D eigenvalue weighted by molar-refractivity contribution is 5.91. The fourth-order valence-corrected chi connectivity index (χ4v) is 3.28. The van der Waals surface area contributed by atoms with Crippen LogP contribution in [0.4, 0.5) is 10.6 Å². The Labute approximate surface area is 152 Å². The standard InChI is InChI=1S/C19H26N4O3/c1-2-3-12-26-19(25)20-13-14-8-10-23(11-9-14)17-15-6-4-5-7-16(15)18(24)22-21-17/h4-7,14H,2-3,8-13H2,1H3,(H,20,25)(H,22,24). The zero-order valence-corrected chi connectivity index (χ0v) is 15.2. The second kappa shape index (κ2) is 8.69. The lowest BCUT2D eigenvalue weighted by molar-refractivity contribution is 0.142. The third-order valence-corrected chi connectivity index (χ3v) is 4.86. The maximum atomic E-state index is 11.9. The van der Waals surface area contributed by atoms with E-state index in [9.17, 15) is 9.59 Å². The van der Waals surface area contributed by atoms with Gasteiger partial charge in [0.05, 0.1) is 12.0 Å². The van der Waals surface area contributed by atoms with Gasteiger partial charge in [0.1, 0.15) is 0 Å². The molecule has 0 atom stereocenters. The van der Waals surface area contributed by atoms with Gasteiger partial charge in [-0.25, -0.2) is 9.89 Å². The van der Waals surface area contributed by atoms with Gasteiger partial charge in [-0.2, -0.15) is 5.10 Å². The van der Waals surface area contributed by atoms with Gasteiger partial charge in [-0.3, -0.25) is 4.79 Å². The molecule has 26 heavy (non-hydrogen) atoms. The first-order valence-corrected chi connectivity index (χ1v) is 9.32. The largest absolute Gasteiger partial charge is 0.450 e. The van der Waals surface area contributed by atoms with E-state index in [1.54, 1.807) is 0 Å². The smallest absolute Gasteiger partial charge is 0.407 e. The highest BCUT2D eigenvalue weighted by atomic mass is 16.5. The number of nitrogens with zero attached hydrogens (tertiary/aromatic N) is 2. The first-order valence-electron chi connectivity index (χ1n) is 9.32. The van der Waals surface area contributed by atoms with Gasteiger partial charge in [0, 0.05) is 25.0 Å². The number of unbranched alkanes of at least 4 members (excludes halogenated alkanes) is 1. The molecule has 1 amide bonds. The van der Waals surface area contributed by atoms with E-state index in [4.69, 9.17) is 4.74 Å². The Morgan fingerprint density at radius 1 is 1.31 bits per heavy atom. The Hall–Kier alpha value is -2.57. The Balaban J connectivity index is 1.54. The molecule has 140 valence electrons. The average Bonchev–Trinajstić information content (AvgIpc) is 2.68. The summed E-state index contributed by atoms with van der Waals surface area (Å²) < 4.78 is 5.12. The number of fused-ring (bicyclic) bond motifs is 1. The molecule has 1 aliphatic rings. The molecule has 2 heterocycles. The topological polar surface area (TPSA) is 87.3 Å². The maximum Gasteiger partial charge on any atom is 0.407 e. The average molecular weight is 358 g/mol. The number of carbonyl (C=O) groups excluding carboxylic acids is 1. The van der Waals surface area contributed by atoms with Crippen molar-refractivity contribution in [1.29, 1.82) is 0 Å². The number of amides is 1. The van der Waals surface area contributed by atoms with Crippen LogP contribution in [0.25, 0.3) is 10.8 Å². The van der Waals surface area contributed by atoms with Crippen molar-refractivity contribution in [3.8, 4) is 0 Å². The van der Waals surface area contributed by atoms with Crippen LogP contribution in [-0.4, -0.2) is 42.5 Å². The number of benzene rings is 1. The number of aromatic nitrogens is 2. The number of nitrogens with one attached hydrogen (secondary N) is 2. The van der Waals surface area contributed by atoms with Crippen molar-refractivity contribution in [2.24, 2.45) is 5.92 Å². The summed E-state index contributed by atoms with van der Waals surface area (Å²) in [5.74, 6) is 1.25. The monoisotopic (exact) mass is 358 g/mol. The molecule has 7 nitrogen and oxygen atoms in total. The molecule has 2 aromatic rings. The number of rotatable bonds is 6. The van der Waals surface area contributed by atoms with Gasteiger partial charge in [0.2, 0.25) is 0 Å². The number of alkyl carbamates (subject to hydrolysis) is 1. The molecule has 0 unspecified atom stereocenters. The van der Waals surface area contributed by atoms with E-state index in [-0.39, 0.29) is 11.7 Å². The molecule has 1 aromatic carbocycles. The molecule has 0 spiro atoms. The molecule has 0 aliphatic carbocycles. The van der Waals surface area contributed by atoms with Crippen molar-refractivity contribution in [3.05, 3.63) is 34.6 Å². The predicted octanol–water partition coefficient (Wildman–Crippen LogP) is 2.67. The first kappa shape index (κ1) is 18.2. The first-order chi connectivity index (χ1) is 12.7. The minimum Gasteiger partial charge on any atom is -0.450 e. The van der Waals surface area contributed by atoms with E-state index in [2.05, 4.69) is 27.3 Å². The summed E-state index contributed by atoms with van der Waals surface area (Å²) in [6.45, 7) is 4.88. The summed E-state index contributed by atoms with van der Waals surface area (Å²) in [6.07, 6.45) is 3.51. The number of hydrogen-bond donors (Lipinski definition) is 2. The van der Waals surface area contributed by atoms with Gasteiger partial charge in [-0.05, 0) is 31.2 Å². The maximum absolute atomic E-state index is 11.9. The van der Waals surface area contributed by atoms with Gasteiger partial charge in [0.25, 0.3) is 5.56 Å². The molecule has 1 fully saturated rings. The molecule has 1 aromatic heterocycles. The van der Waals surface area contributed by atoms with E-state index >= 15 is 0 Å². The summed E-state index contributed by atoms with van der Waals surface area (Å²) in [4.78, 5) is 25.8. The zero-order chi connectivity index (χ0) is 18.4. The van der Waals surface area contributed by atoms with Crippen LogP contribution in [0.5, 0.6) is 0 Å². The van der Waals surface area contributed by atoms with Gasteiger partial charge in [-0.1, -0.05) is 31.5 Å². The normalized spacial score (nSPS) is 15.2. The highest BCUT2D eigenvalue weighted by Crippen LogP contribution is 2.26. The minimum atomic E-state index is -0.325. The van der Waals surface area contributed by atoms with E-state index in [1.807, 2.05) is 24.3 Å². The van der Waals surface area contributed by atoms with Crippen LogP contribution >= 0.6 is 0 Å². The molecular weight excluding hydrogens is 332 g/mol. The quantitative estimate of drug-likeness (QED) is 0.775. The fourth-order valence-electron chi connectivity index (χ4n) is 3.28. The van der Waals surface area contributed by atoms with E-state index in [0.29, 0.717) is 24.5 Å². The third kappa shape index (κ3) is 4.33. The second-order valence-electron chi connectivity index (χ2n) is 6.72. The van der Waals surface area contributed by atoms with Gasteiger partial charge in [-0.15, -0.1) is 0 Å². The van der Waals surface area contributed by atoms with Gasteiger partial charge >= 0.3 is 6.09 Å². The van der Waals surface area contributed by atoms with Crippen molar-refractivity contribution < 1.29 is 9.53 Å². The number of anilines is 1. The summed E-state index contributed by atoms with van der Waals surface area (Å²) in [5.41, 5.74) is -0.162. The highest BCUT2D eigenvalue weighted by Gasteiger charge is 2.22. The van der Waals surface area contributed by atoms with Crippen LogP contribution in [0.15, 0.2) is 29.1 Å². The lowest BCUT2D eigenvalue weighted by Gasteiger charge is -2.33. The molecule has 2 N–H and O–H groups in total. The van der Waals surface area contributed by atoms with Crippen LogP contribution in [0.3, 0.4) is 0 Å². The Kier molecular flexibility index (Phi) is 6.09. The summed E-state index contributed by atoms with van der Waals surface area (Å²) >= 11 is 0. The lowest BCUT2D eigenvalue weighted by Crippen LogP contribution is -2.39. The van der Waals surface area contributed by atoms with Gasteiger partial charge < -0.3 is 15.0 Å². The van der Waals surface area contributed by atoms with E-state index < -0.39 is 0 Å². The molecule has 1 saturated heterocycles. The summed E-state index contributed by atoms with van der Waals surface area (Å²) in [6, 6.07) is 7.54. The third-order valence-electron chi connectivity index (χ3n) is 4.86. The Bertz CT molecular complexity index is 797. The number of aromatic amines is 1. The molecule has 0 saturated carbocycles. The van der Waals surface area contributed by atoms with Crippen LogP contribution < -0.4 is 15.8 Å². The van der Waals surface area contributed by atoms with Crippen molar-refractivity contribution in [1.82, 2.24) is 15.5 Å². The summed E-state index contributed by atoms with van der Waals surface area (Å²) in [7, 11) is 0. The van der Waals surface area contributed by atoms with Crippen molar-refractivity contribution in [3.63, 3.8) is 0 Å². The molecule has 1 aliphatic heterocycles. The van der Waals surface area contributed by atoms with Gasteiger partial charge in [0.15, 0.2) is 5.82 Å². The second-order valence-corrected chi connectivity index (χ2v) is 6.72. The van der Waals surface area contributed by atoms with Crippen LogP contribution in [0, 0.1) is 5.92 Å². The van der Waals surface area contributed by atoms with Crippen molar-refractivity contribution in [2.75, 3.05) is 31.1 Å². The van der Waals surface area contributed by atoms with E-state index in [0.717, 1.165) is 50.0 Å². The number of hydrogen-bond acceptors (Lipinski definition) is 5. The van der Waals surface area contributed by atoms with Crippen molar-refractivity contribution in [2.45, 2.75) is 32.6 Å². The fraction of sp³-hybridized carbons (Fsp3) is 0.526. The van der Waals surface area contributed by atoms with Crippen LogP contribution in [0.2, 0.25) is 0 Å². The molecule has 0 bridgehead atoms. The Morgan fingerprint density at radius 3 is 2.77 bits per heavy atom. The number of carbonyl (C=O) groups is 1. The van der Waals surface area contributed by atoms with E-state index in [1.165, 1.54) is 0 Å². The van der Waals surface area contributed by atoms with Crippen molar-refractivity contribution >= 4 is 22.7 Å². The molecular formula is C19H26N4O3. The van der Waals surface area contributed by atoms with Crippen LogP contribution in [0.1, 0.15) is 32.6 Å². The molecule has 7 heteroatoms. The lowest BCUT2D eigenvalue weighted by atomic mass is 9.96. The number of H-pyrrole nitrogens is 1. The number of piperidine rings is 1. The predicted molar refractivity (Wildman–Crippen MR) is 102 cm³/mol. The summed E-state index contributed by atoms with van der Waals surface area (Å²) in [5, 5.41) is 11.3. The minimum absolute atomic E-state index is 0.162. The van der Waals surface area contributed by atoms with Crippen LogP contribution in [-0.2, 0) is 4.74 Å². The zero-order valence-electron chi connectivity index (χ0n) is 15.2.